The Labute approximate surface area is 92.7 Å². The summed E-state index contributed by atoms with van der Waals surface area (Å²) in [6.07, 6.45) is 0.848. The molecule has 0 saturated heterocycles. The summed E-state index contributed by atoms with van der Waals surface area (Å²) < 4.78 is 5.52. The number of aliphatic carboxylic acids is 1. The zero-order valence-corrected chi connectivity index (χ0v) is 9.47. The van der Waals surface area contributed by atoms with Crippen LogP contribution in [0.1, 0.15) is 30.2 Å². The molecule has 1 aliphatic heterocycles. The molecular weight excluding hydrogens is 212 g/mol. The van der Waals surface area contributed by atoms with Gasteiger partial charge in [-0.15, -0.1) is 11.3 Å². The zero-order chi connectivity index (χ0) is 10.9. The first-order valence-electron chi connectivity index (χ1n) is 4.98. The molecule has 0 fully saturated rings. The van der Waals surface area contributed by atoms with Gasteiger partial charge >= 0.3 is 5.97 Å². The van der Waals surface area contributed by atoms with Crippen molar-refractivity contribution in [3.8, 4) is 0 Å². The van der Waals surface area contributed by atoms with Gasteiger partial charge in [-0.05, 0) is 23.4 Å². The highest BCUT2D eigenvalue weighted by Gasteiger charge is 2.33. The minimum atomic E-state index is -0.737. The van der Waals surface area contributed by atoms with E-state index in [9.17, 15) is 4.79 Å². The number of rotatable bonds is 3. The minimum absolute atomic E-state index is 0.119. The molecule has 1 unspecified atom stereocenters. The highest BCUT2D eigenvalue weighted by atomic mass is 32.1. The van der Waals surface area contributed by atoms with Crippen molar-refractivity contribution in [2.45, 2.75) is 31.8 Å². The van der Waals surface area contributed by atoms with Gasteiger partial charge in [-0.25, -0.2) is 0 Å². The molecule has 0 aliphatic carbocycles. The molecule has 1 N–H and O–H groups in total. The lowest BCUT2D eigenvalue weighted by Crippen LogP contribution is -2.33. The van der Waals surface area contributed by atoms with Crippen molar-refractivity contribution in [3.63, 3.8) is 0 Å². The normalized spacial score (nSPS) is 24.9. The van der Waals surface area contributed by atoms with E-state index in [0.29, 0.717) is 19.6 Å². The molecule has 15 heavy (non-hydrogen) atoms. The second kappa shape index (κ2) is 3.94. The molecule has 4 heteroatoms. The van der Waals surface area contributed by atoms with Crippen LogP contribution in [0.3, 0.4) is 0 Å². The third-order valence-corrected chi connectivity index (χ3v) is 3.83. The van der Waals surface area contributed by atoms with Crippen LogP contribution in [0, 0.1) is 0 Å². The van der Waals surface area contributed by atoms with E-state index in [0.717, 1.165) is 0 Å². The van der Waals surface area contributed by atoms with Crippen LogP contribution in [0.5, 0.6) is 0 Å². The van der Waals surface area contributed by atoms with Gasteiger partial charge in [0, 0.05) is 16.7 Å². The first-order valence-corrected chi connectivity index (χ1v) is 5.86. The maximum Gasteiger partial charge on any atom is 0.303 e. The maximum atomic E-state index is 10.6. The van der Waals surface area contributed by atoms with Gasteiger partial charge in [0.2, 0.25) is 0 Å². The quantitative estimate of drug-likeness (QED) is 0.860. The largest absolute Gasteiger partial charge is 0.481 e. The SMILES string of the molecule is CC1(CCC(=O)O)COCc2sccc21. The average Bonchev–Trinajstić information content (AvgIpc) is 2.65. The number of carbonyl (C=O) groups is 1. The van der Waals surface area contributed by atoms with Crippen LogP contribution in [-0.4, -0.2) is 17.7 Å². The molecule has 0 radical (unpaired) electrons. The third kappa shape index (κ3) is 2.06. The smallest absolute Gasteiger partial charge is 0.303 e. The van der Waals surface area contributed by atoms with E-state index in [2.05, 4.69) is 18.4 Å². The number of carboxylic acid groups (broad SMARTS) is 1. The average molecular weight is 226 g/mol. The van der Waals surface area contributed by atoms with E-state index in [1.165, 1.54) is 10.4 Å². The number of hydrogen-bond acceptors (Lipinski definition) is 3. The molecule has 2 heterocycles. The summed E-state index contributed by atoms with van der Waals surface area (Å²) >= 11 is 1.69. The van der Waals surface area contributed by atoms with Crippen molar-refractivity contribution >= 4 is 17.3 Å². The van der Waals surface area contributed by atoms with Gasteiger partial charge in [0.25, 0.3) is 0 Å². The predicted octanol–water partition coefficient (Wildman–Crippen LogP) is 2.40. The fraction of sp³-hybridized carbons (Fsp3) is 0.545. The molecule has 0 bridgehead atoms. The van der Waals surface area contributed by atoms with Crippen LogP contribution < -0.4 is 0 Å². The van der Waals surface area contributed by atoms with E-state index < -0.39 is 5.97 Å². The molecule has 2 rings (SSSR count). The molecule has 0 amide bonds. The Morgan fingerprint density at radius 2 is 2.53 bits per heavy atom. The first-order chi connectivity index (χ1) is 7.12. The van der Waals surface area contributed by atoms with Gasteiger partial charge in [0.15, 0.2) is 0 Å². The molecule has 82 valence electrons. The van der Waals surface area contributed by atoms with Crippen molar-refractivity contribution in [2.75, 3.05) is 6.61 Å². The van der Waals surface area contributed by atoms with Crippen molar-refractivity contribution in [1.29, 1.82) is 0 Å². The maximum absolute atomic E-state index is 10.6. The third-order valence-electron chi connectivity index (χ3n) is 2.94. The Bertz CT molecular complexity index is 372. The van der Waals surface area contributed by atoms with Gasteiger partial charge in [0.1, 0.15) is 0 Å². The summed E-state index contributed by atoms with van der Waals surface area (Å²) in [5.41, 5.74) is 1.16. The number of carboxylic acids is 1. The topological polar surface area (TPSA) is 46.5 Å². The van der Waals surface area contributed by atoms with Gasteiger partial charge in [0.05, 0.1) is 13.2 Å². The molecule has 0 saturated carbocycles. The Balaban J connectivity index is 2.19. The standard InChI is InChI=1S/C11H14O3S/c1-11(4-2-10(12)13)7-14-6-9-8(11)3-5-15-9/h3,5H,2,4,6-7H2,1H3,(H,12,13). The molecule has 0 spiro atoms. The summed E-state index contributed by atoms with van der Waals surface area (Å²) in [5, 5.41) is 10.8. The molecular formula is C11H14O3S. The summed E-state index contributed by atoms with van der Waals surface area (Å²) in [5.74, 6) is -0.737. The Hall–Kier alpha value is -0.870. The van der Waals surface area contributed by atoms with Gasteiger partial charge in [-0.2, -0.15) is 0 Å². The van der Waals surface area contributed by atoms with Crippen LogP contribution in [0.2, 0.25) is 0 Å². The number of thiophene rings is 1. The number of fused-ring (bicyclic) bond motifs is 1. The van der Waals surface area contributed by atoms with Crippen LogP contribution in [0.15, 0.2) is 11.4 Å². The van der Waals surface area contributed by atoms with E-state index in [4.69, 9.17) is 9.84 Å². The highest BCUT2D eigenvalue weighted by molar-refractivity contribution is 7.10. The van der Waals surface area contributed by atoms with Crippen LogP contribution in [0.4, 0.5) is 0 Å². The summed E-state index contributed by atoms with van der Waals surface area (Å²) in [6.45, 7) is 3.39. The van der Waals surface area contributed by atoms with Crippen molar-refractivity contribution in [1.82, 2.24) is 0 Å². The summed E-state index contributed by atoms with van der Waals surface area (Å²) in [6, 6.07) is 2.10. The van der Waals surface area contributed by atoms with Gasteiger partial charge in [-0.1, -0.05) is 6.92 Å². The van der Waals surface area contributed by atoms with Crippen LogP contribution in [0.25, 0.3) is 0 Å². The Morgan fingerprint density at radius 3 is 3.27 bits per heavy atom. The first kappa shape index (κ1) is 10.6. The molecule has 3 nitrogen and oxygen atoms in total. The Morgan fingerprint density at radius 1 is 1.73 bits per heavy atom. The Kier molecular flexibility index (Phi) is 2.80. The number of ether oxygens (including phenoxy) is 1. The predicted molar refractivity (Wildman–Crippen MR) is 58.2 cm³/mol. The van der Waals surface area contributed by atoms with Crippen molar-refractivity contribution in [3.05, 3.63) is 21.9 Å². The lowest BCUT2D eigenvalue weighted by atomic mass is 9.78. The van der Waals surface area contributed by atoms with Crippen molar-refractivity contribution in [2.24, 2.45) is 0 Å². The van der Waals surface area contributed by atoms with E-state index in [1.807, 2.05) is 0 Å². The second-order valence-electron chi connectivity index (χ2n) is 4.20. The molecule has 1 aliphatic rings. The lowest BCUT2D eigenvalue weighted by Gasteiger charge is -2.33. The van der Waals surface area contributed by atoms with E-state index in [1.54, 1.807) is 11.3 Å². The van der Waals surface area contributed by atoms with E-state index >= 15 is 0 Å². The minimum Gasteiger partial charge on any atom is -0.481 e. The molecule has 1 atom stereocenters. The molecule has 1 aromatic heterocycles. The fourth-order valence-corrected chi connectivity index (χ4v) is 2.99. The van der Waals surface area contributed by atoms with Gasteiger partial charge in [-0.3, -0.25) is 4.79 Å². The van der Waals surface area contributed by atoms with E-state index in [-0.39, 0.29) is 11.8 Å². The summed E-state index contributed by atoms with van der Waals surface area (Å²) in [4.78, 5) is 11.8. The number of hydrogen-bond donors (Lipinski definition) is 1. The second-order valence-corrected chi connectivity index (χ2v) is 5.21. The van der Waals surface area contributed by atoms with Crippen LogP contribution >= 0.6 is 11.3 Å². The molecule has 1 aromatic rings. The van der Waals surface area contributed by atoms with Crippen LogP contribution in [-0.2, 0) is 21.6 Å². The fourth-order valence-electron chi connectivity index (χ4n) is 2.03. The zero-order valence-electron chi connectivity index (χ0n) is 8.66. The molecule has 0 aromatic carbocycles. The summed E-state index contributed by atoms with van der Waals surface area (Å²) in [7, 11) is 0. The lowest BCUT2D eigenvalue weighted by molar-refractivity contribution is -0.137. The monoisotopic (exact) mass is 226 g/mol. The van der Waals surface area contributed by atoms with Crippen molar-refractivity contribution < 1.29 is 14.6 Å². The highest BCUT2D eigenvalue weighted by Crippen LogP contribution is 2.38. The van der Waals surface area contributed by atoms with Gasteiger partial charge < -0.3 is 9.84 Å².